The van der Waals surface area contributed by atoms with Gasteiger partial charge in [-0.1, -0.05) is 39.8 Å². The van der Waals surface area contributed by atoms with E-state index in [1.807, 2.05) is 45.2 Å². The molecule has 0 saturated carbocycles. The van der Waals surface area contributed by atoms with Crippen LogP contribution < -0.4 is 10.6 Å². The minimum atomic E-state index is -0.0145. The number of amides is 1. The Morgan fingerprint density at radius 2 is 1.96 bits per heavy atom. The second-order valence-corrected chi connectivity index (χ2v) is 7.58. The lowest BCUT2D eigenvalue weighted by Crippen LogP contribution is -2.40. The van der Waals surface area contributed by atoms with E-state index < -0.39 is 0 Å². The Morgan fingerprint density at radius 1 is 1.29 bits per heavy atom. The van der Waals surface area contributed by atoms with Gasteiger partial charge in [0.15, 0.2) is 5.96 Å². The highest BCUT2D eigenvalue weighted by atomic mass is 16.1. The topological polar surface area (TPSA) is 56.7 Å². The zero-order valence-corrected chi connectivity index (χ0v) is 15.5. The van der Waals surface area contributed by atoms with Crippen LogP contribution in [0.4, 0.5) is 5.69 Å². The molecule has 0 radical (unpaired) electrons. The normalized spacial score (nSPS) is 17.2. The smallest absolute Gasteiger partial charge is 0.226 e. The summed E-state index contributed by atoms with van der Waals surface area (Å²) in [5.74, 6) is 0.982. The second kappa shape index (κ2) is 7.69. The van der Waals surface area contributed by atoms with E-state index in [1.54, 1.807) is 0 Å². The van der Waals surface area contributed by atoms with Gasteiger partial charge in [0.05, 0.1) is 0 Å². The summed E-state index contributed by atoms with van der Waals surface area (Å²) in [6, 6.07) is 7.95. The average molecular weight is 330 g/mol. The van der Waals surface area contributed by atoms with Crippen LogP contribution in [0.15, 0.2) is 29.3 Å². The van der Waals surface area contributed by atoms with E-state index in [0.29, 0.717) is 5.41 Å². The summed E-state index contributed by atoms with van der Waals surface area (Å²) >= 11 is 0. The molecule has 132 valence electrons. The molecule has 1 amide bonds. The molecule has 24 heavy (non-hydrogen) atoms. The minimum Gasteiger partial charge on any atom is -0.352 e. The quantitative estimate of drug-likeness (QED) is 0.659. The number of rotatable bonds is 4. The Balaban J connectivity index is 1.88. The summed E-state index contributed by atoms with van der Waals surface area (Å²) in [5.41, 5.74) is 2.36. The van der Waals surface area contributed by atoms with E-state index in [4.69, 9.17) is 0 Å². The molecule has 2 rings (SSSR count). The summed E-state index contributed by atoms with van der Waals surface area (Å²) in [6.45, 7) is 11.2. The van der Waals surface area contributed by atoms with Gasteiger partial charge in [0.1, 0.15) is 0 Å². The molecule has 0 unspecified atom stereocenters. The van der Waals surface area contributed by atoms with Crippen LogP contribution in [0.1, 0.15) is 39.7 Å². The molecule has 2 N–H and O–H groups in total. The zero-order chi connectivity index (χ0) is 17.7. The number of nitrogens with zero attached hydrogens (tertiary/aromatic N) is 2. The Bertz CT molecular complexity index is 590. The maximum atomic E-state index is 11.7. The number of aliphatic imine (C=N–C) groups is 1. The van der Waals surface area contributed by atoms with Gasteiger partial charge in [-0.2, -0.15) is 0 Å². The fourth-order valence-electron chi connectivity index (χ4n) is 2.80. The first-order valence-corrected chi connectivity index (χ1v) is 8.66. The van der Waals surface area contributed by atoms with Crippen LogP contribution in [-0.4, -0.2) is 36.9 Å². The number of hydrogen-bond donors (Lipinski definition) is 2. The molecule has 1 aliphatic rings. The van der Waals surface area contributed by atoms with Crippen LogP contribution in [0.5, 0.6) is 0 Å². The molecular formula is C19H30N4O. The largest absolute Gasteiger partial charge is 0.352 e. The van der Waals surface area contributed by atoms with Crippen molar-refractivity contribution >= 4 is 17.6 Å². The highest BCUT2D eigenvalue weighted by Crippen LogP contribution is 2.28. The van der Waals surface area contributed by atoms with Crippen LogP contribution in [0.3, 0.4) is 0 Å². The van der Waals surface area contributed by atoms with Gasteiger partial charge in [-0.15, -0.1) is 0 Å². The van der Waals surface area contributed by atoms with Gasteiger partial charge in [-0.05, 0) is 29.5 Å². The average Bonchev–Trinajstić information content (AvgIpc) is 2.89. The maximum Gasteiger partial charge on any atom is 0.226 e. The number of benzene rings is 1. The van der Waals surface area contributed by atoms with Crippen LogP contribution in [0.25, 0.3) is 0 Å². The molecule has 0 atom stereocenters. The number of carbonyl (C=O) groups is 1. The van der Waals surface area contributed by atoms with Crippen molar-refractivity contribution in [1.82, 2.24) is 10.2 Å². The highest BCUT2D eigenvalue weighted by Gasteiger charge is 2.30. The lowest BCUT2D eigenvalue weighted by Gasteiger charge is -2.23. The summed E-state index contributed by atoms with van der Waals surface area (Å²) in [5, 5.41) is 6.34. The highest BCUT2D eigenvalue weighted by molar-refractivity contribution is 5.92. The third-order valence-corrected chi connectivity index (χ3v) is 4.39. The third-order valence-electron chi connectivity index (χ3n) is 4.39. The Labute approximate surface area is 145 Å². The van der Waals surface area contributed by atoms with Crippen molar-refractivity contribution in [1.29, 1.82) is 0 Å². The third kappa shape index (κ3) is 4.98. The van der Waals surface area contributed by atoms with Crippen molar-refractivity contribution in [3.05, 3.63) is 29.8 Å². The molecule has 1 aromatic carbocycles. The number of anilines is 1. The number of guanidine groups is 1. The van der Waals surface area contributed by atoms with Gasteiger partial charge in [0, 0.05) is 38.3 Å². The number of carbonyl (C=O) groups excluding carboxylic acids is 1. The molecule has 5 nitrogen and oxygen atoms in total. The van der Waals surface area contributed by atoms with Gasteiger partial charge in [-0.3, -0.25) is 9.79 Å². The number of hydrogen-bond acceptors (Lipinski definition) is 2. The van der Waals surface area contributed by atoms with Gasteiger partial charge in [0.2, 0.25) is 5.91 Å². The van der Waals surface area contributed by atoms with E-state index in [9.17, 15) is 4.79 Å². The minimum absolute atomic E-state index is 0.0145. The van der Waals surface area contributed by atoms with Crippen LogP contribution in [0, 0.1) is 11.3 Å². The van der Waals surface area contributed by atoms with Gasteiger partial charge in [0.25, 0.3) is 0 Å². The summed E-state index contributed by atoms with van der Waals surface area (Å²) in [6.07, 6.45) is 1.19. The fraction of sp³-hybridized carbons (Fsp3) is 0.579. The van der Waals surface area contributed by atoms with Crippen LogP contribution in [-0.2, 0) is 11.3 Å². The standard InChI is InChI=1S/C19H30N4O/c1-14(2)17(24)22-16-8-6-15(7-9-16)12-21-18(20-5)23-11-10-19(3,4)13-23/h6-9,14H,10-13H2,1-5H3,(H,20,21)(H,22,24). The molecule has 0 bridgehead atoms. The van der Waals surface area contributed by atoms with Crippen molar-refractivity contribution in [3.63, 3.8) is 0 Å². The van der Waals surface area contributed by atoms with E-state index in [-0.39, 0.29) is 11.8 Å². The lowest BCUT2D eigenvalue weighted by atomic mass is 9.93. The predicted octanol–water partition coefficient (Wildman–Crippen LogP) is 3.09. The molecule has 1 fully saturated rings. The molecule has 5 heteroatoms. The molecule has 1 aromatic rings. The first-order chi connectivity index (χ1) is 11.3. The zero-order valence-electron chi connectivity index (χ0n) is 15.5. The molecular weight excluding hydrogens is 300 g/mol. The predicted molar refractivity (Wildman–Crippen MR) is 100 cm³/mol. The van der Waals surface area contributed by atoms with Gasteiger partial charge >= 0.3 is 0 Å². The molecule has 0 aliphatic carbocycles. The second-order valence-electron chi connectivity index (χ2n) is 7.58. The van der Waals surface area contributed by atoms with Gasteiger partial charge < -0.3 is 15.5 Å². The van der Waals surface area contributed by atoms with Crippen molar-refractivity contribution in [3.8, 4) is 0 Å². The number of nitrogens with one attached hydrogen (secondary N) is 2. The maximum absolute atomic E-state index is 11.7. The Kier molecular flexibility index (Phi) is 5.86. The van der Waals surface area contributed by atoms with E-state index in [0.717, 1.165) is 36.8 Å². The van der Waals surface area contributed by atoms with E-state index in [2.05, 4.69) is 34.4 Å². The summed E-state index contributed by atoms with van der Waals surface area (Å²) in [7, 11) is 1.83. The molecule has 1 aliphatic heterocycles. The summed E-state index contributed by atoms with van der Waals surface area (Å²) < 4.78 is 0. The van der Waals surface area contributed by atoms with E-state index >= 15 is 0 Å². The lowest BCUT2D eigenvalue weighted by molar-refractivity contribution is -0.118. The van der Waals surface area contributed by atoms with Crippen molar-refractivity contribution in [2.24, 2.45) is 16.3 Å². The summed E-state index contributed by atoms with van der Waals surface area (Å²) in [4.78, 5) is 18.4. The molecule has 0 spiro atoms. The molecule has 1 heterocycles. The fourth-order valence-corrected chi connectivity index (χ4v) is 2.80. The molecule has 0 aromatic heterocycles. The Morgan fingerprint density at radius 3 is 2.46 bits per heavy atom. The SMILES string of the molecule is CN=C(NCc1ccc(NC(=O)C(C)C)cc1)N1CCC(C)(C)C1. The van der Waals surface area contributed by atoms with Gasteiger partial charge in [-0.25, -0.2) is 0 Å². The molecule has 1 saturated heterocycles. The van der Waals surface area contributed by atoms with Crippen molar-refractivity contribution < 1.29 is 4.79 Å². The van der Waals surface area contributed by atoms with Crippen LogP contribution in [0.2, 0.25) is 0 Å². The first kappa shape index (κ1) is 18.3. The monoisotopic (exact) mass is 330 g/mol. The van der Waals surface area contributed by atoms with Crippen molar-refractivity contribution in [2.75, 3.05) is 25.5 Å². The Hall–Kier alpha value is -2.04. The van der Waals surface area contributed by atoms with Crippen LogP contribution >= 0.6 is 0 Å². The first-order valence-electron chi connectivity index (χ1n) is 8.66. The van der Waals surface area contributed by atoms with Crippen molar-refractivity contribution in [2.45, 2.75) is 40.7 Å². The van der Waals surface area contributed by atoms with E-state index in [1.165, 1.54) is 6.42 Å². The number of likely N-dealkylation sites (tertiary alicyclic amines) is 1.